The van der Waals surface area contributed by atoms with Gasteiger partial charge in [0.1, 0.15) is 5.75 Å². The summed E-state index contributed by atoms with van der Waals surface area (Å²) in [6, 6.07) is 3.33. The third-order valence-electron chi connectivity index (χ3n) is 3.29. The van der Waals surface area contributed by atoms with Crippen LogP contribution >= 0.6 is 0 Å². The first-order chi connectivity index (χ1) is 9.90. The molecular formula is C16H23NO4. The van der Waals surface area contributed by atoms with Gasteiger partial charge in [-0.3, -0.25) is 4.79 Å². The molecule has 0 radical (unpaired) electrons. The fourth-order valence-electron chi connectivity index (χ4n) is 2.17. The van der Waals surface area contributed by atoms with Crippen molar-refractivity contribution in [1.29, 1.82) is 0 Å². The predicted molar refractivity (Wildman–Crippen MR) is 80.4 cm³/mol. The maximum atomic E-state index is 11.8. The van der Waals surface area contributed by atoms with Crippen LogP contribution < -0.4 is 10.5 Å². The number of carbonyl (C=O) groups excluding carboxylic acids is 2. The highest BCUT2D eigenvalue weighted by Gasteiger charge is 2.22. The number of unbranched alkanes of at least 4 members (excludes halogenated alkanes) is 1. The number of esters is 1. The summed E-state index contributed by atoms with van der Waals surface area (Å²) in [5, 5.41) is 0. The third kappa shape index (κ3) is 4.48. The first kappa shape index (κ1) is 17.0. The van der Waals surface area contributed by atoms with Crippen molar-refractivity contribution in [2.45, 2.75) is 46.1 Å². The number of methoxy groups -OCH3 is 1. The van der Waals surface area contributed by atoms with Gasteiger partial charge >= 0.3 is 5.97 Å². The molecule has 0 aliphatic carbocycles. The van der Waals surface area contributed by atoms with Crippen LogP contribution in [-0.2, 0) is 9.53 Å². The summed E-state index contributed by atoms with van der Waals surface area (Å²) < 4.78 is 10.6. The van der Waals surface area contributed by atoms with E-state index in [0.717, 1.165) is 24.0 Å². The van der Waals surface area contributed by atoms with Crippen LogP contribution in [-0.4, -0.2) is 25.1 Å². The van der Waals surface area contributed by atoms with E-state index >= 15 is 0 Å². The zero-order valence-electron chi connectivity index (χ0n) is 13.1. The van der Waals surface area contributed by atoms with Crippen molar-refractivity contribution in [1.82, 2.24) is 0 Å². The molecule has 5 heteroatoms. The highest BCUT2D eigenvalue weighted by molar-refractivity contribution is 5.93. The van der Waals surface area contributed by atoms with Crippen molar-refractivity contribution in [3.8, 4) is 5.75 Å². The molecule has 21 heavy (non-hydrogen) atoms. The minimum Gasteiger partial charge on any atom is -0.478 e. The van der Waals surface area contributed by atoms with E-state index < -0.39 is 12.0 Å². The second-order valence-corrected chi connectivity index (χ2v) is 5.08. The molecule has 0 aliphatic rings. The highest BCUT2D eigenvalue weighted by atomic mass is 16.6. The van der Waals surface area contributed by atoms with Crippen LogP contribution in [0.5, 0.6) is 5.75 Å². The Hall–Kier alpha value is -2.04. The normalized spacial score (nSPS) is 11.8. The van der Waals surface area contributed by atoms with Crippen molar-refractivity contribution in [2.24, 2.45) is 5.73 Å². The van der Waals surface area contributed by atoms with Crippen LogP contribution in [0.2, 0.25) is 0 Å². The Balaban J connectivity index is 3.03. The third-order valence-corrected chi connectivity index (χ3v) is 3.29. The molecule has 0 aromatic heterocycles. The fourth-order valence-corrected chi connectivity index (χ4v) is 2.17. The average Bonchev–Trinajstić information content (AvgIpc) is 2.44. The number of primary amides is 1. The average molecular weight is 293 g/mol. The van der Waals surface area contributed by atoms with Crippen LogP contribution in [0.1, 0.15) is 47.7 Å². The smallest absolute Gasteiger partial charge is 0.347 e. The maximum absolute atomic E-state index is 11.8. The number of rotatable bonds is 7. The number of amides is 1. The van der Waals surface area contributed by atoms with Crippen LogP contribution in [0.15, 0.2) is 12.1 Å². The molecular weight excluding hydrogens is 270 g/mol. The van der Waals surface area contributed by atoms with Crippen molar-refractivity contribution < 1.29 is 19.1 Å². The summed E-state index contributed by atoms with van der Waals surface area (Å²) in [4.78, 5) is 23.0. The van der Waals surface area contributed by atoms with E-state index in [1.165, 1.54) is 7.11 Å². The van der Waals surface area contributed by atoms with Crippen LogP contribution in [0.4, 0.5) is 0 Å². The van der Waals surface area contributed by atoms with Gasteiger partial charge in [0.25, 0.3) is 0 Å². The Morgan fingerprint density at radius 1 is 1.24 bits per heavy atom. The molecule has 1 rings (SSSR count). The second-order valence-electron chi connectivity index (χ2n) is 5.08. The van der Waals surface area contributed by atoms with Gasteiger partial charge < -0.3 is 15.2 Å². The van der Waals surface area contributed by atoms with Gasteiger partial charge in [-0.2, -0.15) is 0 Å². The zero-order valence-corrected chi connectivity index (χ0v) is 13.1. The van der Waals surface area contributed by atoms with E-state index in [1.54, 1.807) is 12.1 Å². The second kappa shape index (κ2) is 7.67. The van der Waals surface area contributed by atoms with Crippen LogP contribution in [0.3, 0.4) is 0 Å². The Bertz CT molecular complexity index is 502. The lowest BCUT2D eigenvalue weighted by Crippen LogP contribution is -2.29. The maximum Gasteiger partial charge on any atom is 0.347 e. The van der Waals surface area contributed by atoms with E-state index in [2.05, 4.69) is 0 Å². The van der Waals surface area contributed by atoms with Gasteiger partial charge in [-0.05, 0) is 49.9 Å². The van der Waals surface area contributed by atoms with Gasteiger partial charge in [0, 0.05) is 5.56 Å². The van der Waals surface area contributed by atoms with Gasteiger partial charge in [0.05, 0.1) is 7.11 Å². The molecule has 1 aromatic carbocycles. The molecule has 0 bridgehead atoms. The SMILES string of the molecule is CCCCC(Oc1c(C)cc(C(N)=O)cc1C)C(=O)OC. The quantitative estimate of drug-likeness (QED) is 0.783. The Morgan fingerprint density at radius 3 is 2.24 bits per heavy atom. The Morgan fingerprint density at radius 2 is 1.81 bits per heavy atom. The number of aryl methyl sites for hydroxylation is 2. The van der Waals surface area contributed by atoms with E-state index in [1.807, 2.05) is 20.8 Å². The number of ether oxygens (including phenoxy) is 2. The molecule has 0 spiro atoms. The number of benzene rings is 1. The van der Waals surface area contributed by atoms with Gasteiger partial charge in [-0.25, -0.2) is 4.79 Å². The van der Waals surface area contributed by atoms with E-state index in [0.29, 0.717) is 17.7 Å². The minimum atomic E-state index is -0.633. The molecule has 1 amide bonds. The number of nitrogens with two attached hydrogens (primary N) is 1. The first-order valence-corrected chi connectivity index (χ1v) is 7.06. The number of hydrogen-bond donors (Lipinski definition) is 1. The predicted octanol–water partition coefficient (Wildman–Crippen LogP) is 2.51. The summed E-state index contributed by atoms with van der Waals surface area (Å²) in [7, 11) is 1.35. The molecule has 5 nitrogen and oxygen atoms in total. The van der Waals surface area contributed by atoms with Gasteiger partial charge in [-0.1, -0.05) is 13.3 Å². The van der Waals surface area contributed by atoms with Gasteiger partial charge in [0.15, 0.2) is 6.10 Å². The van der Waals surface area contributed by atoms with Gasteiger partial charge in [-0.15, -0.1) is 0 Å². The summed E-state index contributed by atoms with van der Waals surface area (Å²) in [6.45, 7) is 5.69. The number of hydrogen-bond acceptors (Lipinski definition) is 4. The summed E-state index contributed by atoms with van der Waals surface area (Å²) in [5.41, 5.74) is 7.26. The zero-order chi connectivity index (χ0) is 16.0. The van der Waals surface area contributed by atoms with Crippen molar-refractivity contribution in [2.75, 3.05) is 7.11 Å². The van der Waals surface area contributed by atoms with E-state index in [4.69, 9.17) is 15.2 Å². The van der Waals surface area contributed by atoms with E-state index in [9.17, 15) is 9.59 Å². The summed E-state index contributed by atoms with van der Waals surface area (Å²) in [5.74, 6) is -0.268. The molecule has 0 fully saturated rings. The van der Waals surface area contributed by atoms with E-state index in [-0.39, 0.29) is 5.97 Å². The molecule has 116 valence electrons. The van der Waals surface area contributed by atoms with Gasteiger partial charge in [0.2, 0.25) is 5.91 Å². The van der Waals surface area contributed by atoms with Crippen molar-refractivity contribution in [3.05, 3.63) is 28.8 Å². The van der Waals surface area contributed by atoms with Crippen LogP contribution in [0.25, 0.3) is 0 Å². The van der Waals surface area contributed by atoms with Crippen LogP contribution in [0, 0.1) is 13.8 Å². The van der Waals surface area contributed by atoms with Crippen molar-refractivity contribution in [3.63, 3.8) is 0 Å². The molecule has 1 aromatic rings. The Labute approximate surface area is 125 Å². The largest absolute Gasteiger partial charge is 0.478 e. The summed E-state index contributed by atoms with van der Waals surface area (Å²) in [6.07, 6.45) is 1.80. The molecule has 1 atom stereocenters. The lowest BCUT2D eigenvalue weighted by Gasteiger charge is -2.20. The molecule has 0 aliphatic heterocycles. The Kier molecular flexibility index (Phi) is 6.21. The minimum absolute atomic E-state index is 0.388. The fraction of sp³-hybridized carbons (Fsp3) is 0.500. The molecule has 0 saturated heterocycles. The molecule has 1 unspecified atom stereocenters. The monoisotopic (exact) mass is 293 g/mol. The standard InChI is InChI=1S/C16H23NO4/c1-5-6-7-13(16(19)20-4)21-14-10(2)8-12(15(17)18)9-11(14)3/h8-9,13H,5-7H2,1-4H3,(H2,17,18). The highest BCUT2D eigenvalue weighted by Crippen LogP contribution is 2.27. The molecule has 0 heterocycles. The lowest BCUT2D eigenvalue weighted by atomic mass is 10.0. The first-order valence-electron chi connectivity index (χ1n) is 7.06. The molecule has 2 N–H and O–H groups in total. The molecule has 0 saturated carbocycles. The summed E-state index contributed by atoms with van der Waals surface area (Å²) >= 11 is 0. The van der Waals surface area contributed by atoms with Crippen molar-refractivity contribution >= 4 is 11.9 Å². The number of carbonyl (C=O) groups is 2. The lowest BCUT2D eigenvalue weighted by molar-refractivity contribution is -0.149. The topological polar surface area (TPSA) is 78.6 Å².